The van der Waals surface area contributed by atoms with Crippen molar-refractivity contribution in [3.63, 3.8) is 0 Å². The fraction of sp³-hybridized carbons (Fsp3) is 0.0588. The fourth-order valence-corrected chi connectivity index (χ4v) is 2.37. The molecule has 3 nitrogen and oxygen atoms in total. The SMILES string of the molecule is O=C(O)c1cccc2cc(Cc3ccncc3)ccc12. The number of hydrogen-bond acceptors (Lipinski definition) is 2. The van der Waals surface area contributed by atoms with Crippen molar-refractivity contribution in [2.45, 2.75) is 6.42 Å². The first-order valence-corrected chi connectivity index (χ1v) is 6.38. The molecule has 2 aromatic carbocycles. The summed E-state index contributed by atoms with van der Waals surface area (Å²) in [5, 5.41) is 10.9. The minimum atomic E-state index is -0.891. The Morgan fingerprint density at radius 1 is 1.00 bits per heavy atom. The molecule has 0 amide bonds. The molecule has 0 aliphatic rings. The lowest BCUT2D eigenvalue weighted by molar-refractivity contribution is 0.0699. The Balaban J connectivity index is 2.01. The summed E-state index contributed by atoms with van der Waals surface area (Å²) in [7, 11) is 0. The van der Waals surface area contributed by atoms with Gasteiger partial charge in [-0.15, -0.1) is 0 Å². The smallest absolute Gasteiger partial charge is 0.336 e. The number of carboxylic acids is 1. The molecule has 3 rings (SSSR count). The molecule has 1 aromatic heterocycles. The lowest BCUT2D eigenvalue weighted by Crippen LogP contribution is -1.97. The summed E-state index contributed by atoms with van der Waals surface area (Å²) in [5.41, 5.74) is 2.69. The van der Waals surface area contributed by atoms with Crippen LogP contribution in [-0.4, -0.2) is 16.1 Å². The molecule has 0 atom stereocenters. The molecule has 0 spiro atoms. The molecule has 1 N–H and O–H groups in total. The van der Waals surface area contributed by atoms with Gasteiger partial charge in [-0.3, -0.25) is 4.98 Å². The van der Waals surface area contributed by atoms with Crippen LogP contribution in [0.3, 0.4) is 0 Å². The summed E-state index contributed by atoms with van der Waals surface area (Å²) in [5.74, 6) is -0.891. The largest absolute Gasteiger partial charge is 0.478 e. The van der Waals surface area contributed by atoms with E-state index in [1.54, 1.807) is 24.5 Å². The van der Waals surface area contributed by atoms with Gasteiger partial charge in [0.25, 0.3) is 0 Å². The van der Waals surface area contributed by atoms with Gasteiger partial charge in [0.2, 0.25) is 0 Å². The molecule has 3 heteroatoms. The second-order valence-corrected chi connectivity index (χ2v) is 4.70. The average Bonchev–Trinajstić information content (AvgIpc) is 2.47. The van der Waals surface area contributed by atoms with Crippen LogP contribution < -0.4 is 0 Å². The minimum Gasteiger partial charge on any atom is -0.478 e. The number of carboxylic acid groups (broad SMARTS) is 1. The topological polar surface area (TPSA) is 50.2 Å². The first-order valence-electron chi connectivity index (χ1n) is 6.38. The highest BCUT2D eigenvalue weighted by Crippen LogP contribution is 2.21. The Morgan fingerprint density at radius 2 is 1.80 bits per heavy atom. The molecule has 98 valence electrons. The predicted octanol–water partition coefficient (Wildman–Crippen LogP) is 3.52. The summed E-state index contributed by atoms with van der Waals surface area (Å²) >= 11 is 0. The Kier molecular flexibility index (Phi) is 3.17. The van der Waals surface area contributed by atoms with Crippen molar-refractivity contribution < 1.29 is 9.90 Å². The monoisotopic (exact) mass is 263 g/mol. The maximum absolute atomic E-state index is 11.2. The van der Waals surface area contributed by atoms with Gasteiger partial charge in [0.05, 0.1) is 5.56 Å². The van der Waals surface area contributed by atoms with Gasteiger partial charge < -0.3 is 5.11 Å². The third-order valence-electron chi connectivity index (χ3n) is 3.33. The van der Waals surface area contributed by atoms with Crippen LogP contribution in [0.15, 0.2) is 60.9 Å². The molecular weight excluding hydrogens is 250 g/mol. The van der Waals surface area contributed by atoms with Crippen LogP contribution >= 0.6 is 0 Å². The Morgan fingerprint density at radius 3 is 2.55 bits per heavy atom. The van der Waals surface area contributed by atoms with Gasteiger partial charge in [-0.05, 0) is 46.5 Å². The van der Waals surface area contributed by atoms with E-state index in [0.29, 0.717) is 5.56 Å². The Labute approximate surface area is 116 Å². The molecular formula is C17H13NO2. The molecule has 0 aliphatic carbocycles. The number of aromatic carboxylic acids is 1. The van der Waals surface area contributed by atoms with Crippen molar-refractivity contribution in [1.82, 2.24) is 4.98 Å². The van der Waals surface area contributed by atoms with Crippen LogP contribution in [0.4, 0.5) is 0 Å². The van der Waals surface area contributed by atoms with Gasteiger partial charge in [0.1, 0.15) is 0 Å². The van der Waals surface area contributed by atoms with Crippen molar-refractivity contribution in [3.8, 4) is 0 Å². The van der Waals surface area contributed by atoms with E-state index < -0.39 is 5.97 Å². The molecule has 3 aromatic rings. The van der Waals surface area contributed by atoms with Crippen LogP contribution in [-0.2, 0) is 6.42 Å². The molecule has 20 heavy (non-hydrogen) atoms. The van der Waals surface area contributed by atoms with E-state index in [4.69, 9.17) is 0 Å². The van der Waals surface area contributed by atoms with Crippen molar-refractivity contribution in [2.24, 2.45) is 0 Å². The zero-order valence-electron chi connectivity index (χ0n) is 10.8. The molecule has 1 heterocycles. The number of benzene rings is 2. The second kappa shape index (κ2) is 5.13. The number of nitrogens with zero attached hydrogens (tertiary/aromatic N) is 1. The van der Waals surface area contributed by atoms with Gasteiger partial charge >= 0.3 is 5.97 Å². The van der Waals surface area contributed by atoms with Gasteiger partial charge in [-0.1, -0.05) is 30.3 Å². The van der Waals surface area contributed by atoms with Gasteiger partial charge in [0, 0.05) is 12.4 Å². The highest BCUT2D eigenvalue weighted by atomic mass is 16.4. The fourth-order valence-electron chi connectivity index (χ4n) is 2.37. The maximum Gasteiger partial charge on any atom is 0.336 e. The third kappa shape index (κ3) is 2.38. The summed E-state index contributed by atoms with van der Waals surface area (Å²) in [4.78, 5) is 15.2. The van der Waals surface area contributed by atoms with Crippen molar-refractivity contribution in [3.05, 3.63) is 77.6 Å². The first-order chi connectivity index (χ1) is 9.74. The first kappa shape index (κ1) is 12.4. The molecule has 0 saturated carbocycles. The Bertz CT molecular complexity index is 766. The molecule has 0 unspecified atom stereocenters. The summed E-state index contributed by atoms with van der Waals surface area (Å²) in [6.07, 6.45) is 4.37. The van der Waals surface area contributed by atoms with E-state index in [1.165, 1.54) is 5.56 Å². The van der Waals surface area contributed by atoms with E-state index in [2.05, 4.69) is 4.98 Å². The highest BCUT2D eigenvalue weighted by Gasteiger charge is 2.08. The van der Waals surface area contributed by atoms with E-state index in [-0.39, 0.29) is 0 Å². The van der Waals surface area contributed by atoms with E-state index in [1.807, 2.05) is 36.4 Å². The van der Waals surface area contributed by atoms with Crippen LogP contribution in [0.5, 0.6) is 0 Å². The summed E-state index contributed by atoms with van der Waals surface area (Å²) < 4.78 is 0. The molecule has 0 fully saturated rings. The van der Waals surface area contributed by atoms with Gasteiger partial charge in [-0.2, -0.15) is 0 Å². The van der Waals surface area contributed by atoms with Crippen LogP contribution in [0.25, 0.3) is 10.8 Å². The number of rotatable bonds is 3. The van der Waals surface area contributed by atoms with E-state index in [9.17, 15) is 9.90 Å². The van der Waals surface area contributed by atoms with Crippen molar-refractivity contribution >= 4 is 16.7 Å². The van der Waals surface area contributed by atoms with E-state index in [0.717, 1.165) is 22.8 Å². The second-order valence-electron chi connectivity index (χ2n) is 4.70. The lowest BCUT2D eigenvalue weighted by Gasteiger charge is -2.06. The standard InChI is InChI=1S/C17H13NO2/c19-17(20)16-3-1-2-14-11-13(4-5-15(14)16)10-12-6-8-18-9-7-12/h1-9,11H,10H2,(H,19,20). The predicted molar refractivity (Wildman–Crippen MR) is 78.0 cm³/mol. The molecule has 0 bridgehead atoms. The highest BCUT2D eigenvalue weighted by molar-refractivity contribution is 6.03. The number of aromatic nitrogens is 1. The Hall–Kier alpha value is -2.68. The molecule has 0 aliphatic heterocycles. The number of pyridine rings is 1. The van der Waals surface area contributed by atoms with E-state index >= 15 is 0 Å². The average molecular weight is 263 g/mol. The normalized spacial score (nSPS) is 10.6. The molecule has 0 radical (unpaired) electrons. The number of fused-ring (bicyclic) bond motifs is 1. The van der Waals surface area contributed by atoms with Crippen LogP contribution in [0, 0.1) is 0 Å². The van der Waals surface area contributed by atoms with Crippen LogP contribution in [0.1, 0.15) is 21.5 Å². The van der Waals surface area contributed by atoms with Crippen LogP contribution in [0.2, 0.25) is 0 Å². The van der Waals surface area contributed by atoms with Crippen molar-refractivity contribution in [1.29, 1.82) is 0 Å². The zero-order chi connectivity index (χ0) is 13.9. The minimum absolute atomic E-state index is 0.345. The van der Waals surface area contributed by atoms with Crippen molar-refractivity contribution in [2.75, 3.05) is 0 Å². The quantitative estimate of drug-likeness (QED) is 0.786. The third-order valence-corrected chi connectivity index (χ3v) is 3.33. The maximum atomic E-state index is 11.2. The number of carbonyl (C=O) groups is 1. The lowest BCUT2D eigenvalue weighted by atomic mass is 9.99. The summed E-state index contributed by atoms with van der Waals surface area (Å²) in [6, 6.07) is 15.2. The summed E-state index contributed by atoms with van der Waals surface area (Å²) in [6.45, 7) is 0. The number of hydrogen-bond donors (Lipinski definition) is 1. The molecule has 0 saturated heterocycles. The van der Waals surface area contributed by atoms with Gasteiger partial charge in [-0.25, -0.2) is 4.79 Å². The zero-order valence-corrected chi connectivity index (χ0v) is 10.8. The van der Waals surface area contributed by atoms with Gasteiger partial charge in [0.15, 0.2) is 0 Å².